The molecule has 1 aliphatic heterocycles. The van der Waals surface area contributed by atoms with E-state index in [0.29, 0.717) is 16.5 Å². The number of hydrogen-bond acceptors (Lipinski definition) is 7. The van der Waals surface area contributed by atoms with Crippen LogP contribution in [0.3, 0.4) is 0 Å². The van der Waals surface area contributed by atoms with Crippen LogP contribution in [0.1, 0.15) is 5.76 Å². The van der Waals surface area contributed by atoms with Crippen LogP contribution in [0.25, 0.3) is 17.4 Å². The standard InChI is InChI=1S/C21H13ClN2O6S/c1-29-14-6-8-16(17(10-14)24(27)28)18-9-7-15(30-18)11-19-20(25)23(21(26)31-19)13-4-2-12(22)3-5-13/h2-11H,1H3/b19-11-. The first-order valence-corrected chi connectivity index (χ1v) is 10.0. The van der Waals surface area contributed by atoms with Crippen molar-refractivity contribution in [3.8, 4) is 17.1 Å². The number of methoxy groups -OCH3 is 1. The zero-order chi connectivity index (χ0) is 22.1. The number of anilines is 1. The summed E-state index contributed by atoms with van der Waals surface area (Å²) < 4.78 is 10.7. The van der Waals surface area contributed by atoms with Crippen LogP contribution >= 0.6 is 23.4 Å². The number of carbonyl (C=O) groups is 2. The van der Waals surface area contributed by atoms with Crippen molar-refractivity contribution in [2.45, 2.75) is 0 Å². The molecule has 0 bridgehead atoms. The monoisotopic (exact) mass is 456 g/mol. The summed E-state index contributed by atoms with van der Waals surface area (Å²) in [5, 5.41) is 11.5. The predicted molar refractivity (Wildman–Crippen MR) is 117 cm³/mol. The molecule has 31 heavy (non-hydrogen) atoms. The average Bonchev–Trinajstić information content (AvgIpc) is 3.33. The van der Waals surface area contributed by atoms with Crippen LogP contribution in [-0.2, 0) is 4.79 Å². The van der Waals surface area contributed by atoms with Crippen molar-refractivity contribution < 1.29 is 23.7 Å². The summed E-state index contributed by atoms with van der Waals surface area (Å²) in [5.41, 5.74) is 0.493. The average molecular weight is 457 g/mol. The Bertz CT molecular complexity index is 1230. The lowest BCUT2D eigenvalue weighted by atomic mass is 10.1. The predicted octanol–water partition coefficient (Wildman–Crippen LogP) is 5.76. The molecule has 0 unspecified atom stereocenters. The van der Waals surface area contributed by atoms with Crippen LogP contribution in [0.4, 0.5) is 16.2 Å². The largest absolute Gasteiger partial charge is 0.497 e. The molecular formula is C21H13ClN2O6S. The number of amides is 2. The van der Waals surface area contributed by atoms with E-state index in [1.807, 2.05) is 0 Å². The SMILES string of the molecule is COc1ccc(-c2ccc(/C=C3\SC(=O)N(c4ccc(Cl)cc4)C3=O)o2)c([N+](=O)[O-])c1. The molecule has 10 heteroatoms. The molecule has 3 aromatic rings. The number of rotatable bonds is 5. The zero-order valence-electron chi connectivity index (χ0n) is 15.9. The summed E-state index contributed by atoms with van der Waals surface area (Å²) in [6.07, 6.45) is 1.43. The molecular weight excluding hydrogens is 444 g/mol. The third-order valence-corrected chi connectivity index (χ3v) is 5.57. The Labute approximate surface area is 185 Å². The van der Waals surface area contributed by atoms with E-state index in [0.717, 1.165) is 16.7 Å². The van der Waals surface area contributed by atoms with Crippen LogP contribution in [0.5, 0.6) is 5.75 Å². The van der Waals surface area contributed by atoms with Gasteiger partial charge in [0.25, 0.3) is 16.8 Å². The summed E-state index contributed by atoms with van der Waals surface area (Å²) >= 11 is 6.64. The molecule has 2 heterocycles. The summed E-state index contributed by atoms with van der Waals surface area (Å²) in [5.74, 6) is 0.378. The van der Waals surface area contributed by atoms with Crippen molar-refractivity contribution in [2.75, 3.05) is 12.0 Å². The molecule has 0 radical (unpaired) electrons. The van der Waals surface area contributed by atoms with Gasteiger partial charge in [0.05, 0.1) is 34.3 Å². The van der Waals surface area contributed by atoms with Gasteiger partial charge in [-0.1, -0.05) is 11.6 Å². The second kappa shape index (κ2) is 8.29. The lowest BCUT2D eigenvalue weighted by molar-refractivity contribution is -0.384. The molecule has 1 aliphatic rings. The summed E-state index contributed by atoms with van der Waals surface area (Å²) in [7, 11) is 1.42. The van der Waals surface area contributed by atoms with Gasteiger partial charge in [0, 0.05) is 11.1 Å². The fourth-order valence-corrected chi connectivity index (χ4v) is 3.93. The smallest absolute Gasteiger partial charge is 0.298 e. The molecule has 0 N–H and O–H groups in total. The molecule has 1 fully saturated rings. The molecule has 4 rings (SSSR count). The number of ether oxygens (including phenoxy) is 1. The van der Waals surface area contributed by atoms with E-state index in [-0.39, 0.29) is 27.7 Å². The molecule has 156 valence electrons. The Hall–Kier alpha value is -3.56. The van der Waals surface area contributed by atoms with Crippen LogP contribution in [0, 0.1) is 10.1 Å². The number of halogens is 1. The van der Waals surface area contributed by atoms with Gasteiger partial charge in [0.1, 0.15) is 17.3 Å². The molecule has 8 nitrogen and oxygen atoms in total. The third kappa shape index (κ3) is 4.05. The Balaban J connectivity index is 1.63. The summed E-state index contributed by atoms with van der Waals surface area (Å²) in [6.45, 7) is 0. The number of thioether (sulfide) groups is 1. The van der Waals surface area contributed by atoms with E-state index < -0.39 is 16.1 Å². The van der Waals surface area contributed by atoms with Gasteiger partial charge < -0.3 is 9.15 Å². The molecule has 0 saturated carbocycles. The lowest BCUT2D eigenvalue weighted by Crippen LogP contribution is -2.27. The highest BCUT2D eigenvalue weighted by molar-refractivity contribution is 8.19. The number of carbonyl (C=O) groups excluding carboxylic acids is 2. The molecule has 1 saturated heterocycles. The first-order chi connectivity index (χ1) is 14.9. The molecule has 0 atom stereocenters. The molecule has 0 spiro atoms. The fourth-order valence-electron chi connectivity index (χ4n) is 2.98. The van der Waals surface area contributed by atoms with Gasteiger partial charge in [0.2, 0.25) is 0 Å². The van der Waals surface area contributed by atoms with Crippen molar-refractivity contribution in [3.05, 3.63) is 80.4 Å². The second-order valence-electron chi connectivity index (χ2n) is 6.34. The Morgan fingerprint density at radius 1 is 1.13 bits per heavy atom. The molecule has 0 aliphatic carbocycles. The zero-order valence-corrected chi connectivity index (χ0v) is 17.5. The highest BCUT2D eigenvalue weighted by atomic mass is 35.5. The summed E-state index contributed by atoms with van der Waals surface area (Å²) in [6, 6.07) is 13.9. The number of nitro benzene ring substituents is 1. The van der Waals surface area contributed by atoms with E-state index >= 15 is 0 Å². The van der Waals surface area contributed by atoms with E-state index in [2.05, 4.69) is 0 Å². The second-order valence-corrected chi connectivity index (χ2v) is 7.77. The fraction of sp³-hybridized carbons (Fsp3) is 0.0476. The van der Waals surface area contributed by atoms with Gasteiger partial charge in [-0.05, 0) is 60.3 Å². The van der Waals surface area contributed by atoms with E-state index in [4.69, 9.17) is 20.8 Å². The Morgan fingerprint density at radius 2 is 1.87 bits per heavy atom. The first-order valence-electron chi connectivity index (χ1n) is 8.83. The quantitative estimate of drug-likeness (QED) is 0.273. The minimum absolute atomic E-state index is 0.171. The number of nitrogens with zero attached hydrogens (tertiary/aromatic N) is 2. The van der Waals surface area contributed by atoms with Gasteiger partial charge >= 0.3 is 0 Å². The van der Waals surface area contributed by atoms with Gasteiger partial charge in [0.15, 0.2) is 0 Å². The van der Waals surface area contributed by atoms with Gasteiger partial charge in [-0.25, -0.2) is 4.90 Å². The maximum absolute atomic E-state index is 12.7. The normalized spacial score (nSPS) is 15.0. The third-order valence-electron chi connectivity index (χ3n) is 4.45. The highest BCUT2D eigenvalue weighted by Gasteiger charge is 2.36. The molecule has 2 amide bonds. The number of benzene rings is 2. The maximum atomic E-state index is 12.7. The van der Waals surface area contributed by atoms with Crippen molar-refractivity contribution in [2.24, 2.45) is 0 Å². The van der Waals surface area contributed by atoms with Crippen molar-refractivity contribution in [1.29, 1.82) is 0 Å². The number of nitro groups is 1. The first kappa shape index (κ1) is 20.7. The van der Waals surface area contributed by atoms with Crippen LogP contribution < -0.4 is 9.64 Å². The number of furan rings is 1. The van der Waals surface area contributed by atoms with Crippen molar-refractivity contribution in [3.63, 3.8) is 0 Å². The van der Waals surface area contributed by atoms with Crippen molar-refractivity contribution in [1.82, 2.24) is 0 Å². The van der Waals surface area contributed by atoms with E-state index in [1.165, 1.54) is 25.3 Å². The number of hydrogen-bond donors (Lipinski definition) is 0. The lowest BCUT2D eigenvalue weighted by Gasteiger charge is -2.11. The maximum Gasteiger partial charge on any atom is 0.298 e. The van der Waals surface area contributed by atoms with Crippen molar-refractivity contribution >= 4 is 52.0 Å². The highest BCUT2D eigenvalue weighted by Crippen LogP contribution is 2.38. The van der Waals surface area contributed by atoms with Gasteiger partial charge in [-0.3, -0.25) is 19.7 Å². The van der Waals surface area contributed by atoms with E-state index in [1.54, 1.807) is 42.5 Å². The Morgan fingerprint density at radius 3 is 2.55 bits per heavy atom. The Kier molecular flexibility index (Phi) is 5.53. The topological polar surface area (TPSA) is 103 Å². The minimum atomic E-state index is -0.530. The summed E-state index contributed by atoms with van der Waals surface area (Å²) in [4.78, 5) is 37.2. The van der Waals surface area contributed by atoms with Gasteiger partial charge in [-0.15, -0.1) is 0 Å². The molecule has 1 aromatic heterocycles. The minimum Gasteiger partial charge on any atom is -0.497 e. The van der Waals surface area contributed by atoms with Crippen LogP contribution in [0.15, 0.2) is 63.9 Å². The van der Waals surface area contributed by atoms with E-state index in [9.17, 15) is 19.7 Å². The van der Waals surface area contributed by atoms with Gasteiger partial charge in [-0.2, -0.15) is 0 Å². The van der Waals surface area contributed by atoms with Crippen LogP contribution in [0.2, 0.25) is 5.02 Å². The number of imide groups is 1. The molecule has 2 aromatic carbocycles. The van der Waals surface area contributed by atoms with Crippen LogP contribution in [-0.4, -0.2) is 23.2 Å².